The summed E-state index contributed by atoms with van der Waals surface area (Å²) in [5.41, 5.74) is 4.91. The highest BCUT2D eigenvalue weighted by Gasteiger charge is 2.27. The molecule has 1 N–H and O–H groups in total. The van der Waals surface area contributed by atoms with E-state index in [1.54, 1.807) is 27.9 Å². The van der Waals surface area contributed by atoms with E-state index in [0.29, 0.717) is 37.8 Å². The number of aryl methyl sites for hydroxylation is 1. The number of hydrogen-bond donors (Lipinski definition) is 1. The monoisotopic (exact) mass is 631 g/mol. The number of hydrazine groups is 1. The molecule has 2 heterocycles. The minimum atomic E-state index is -0.612. The molecule has 1 aliphatic heterocycles. The molecule has 246 valence electrons. The van der Waals surface area contributed by atoms with E-state index in [1.807, 2.05) is 76.0 Å². The smallest absolute Gasteiger partial charge is 0.410 e. The van der Waals surface area contributed by atoms with Gasteiger partial charge in [-0.2, -0.15) is 0 Å². The molecule has 0 aliphatic carbocycles. The van der Waals surface area contributed by atoms with Crippen molar-refractivity contribution in [2.24, 2.45) is 0 Å². The first kappa shape index (κ1) is 34.2. The second kappa shape index (κ2) is 15.0. The van der Waals surface area contributed by atoms with Crippen molar-refractivity contribution in [1.82, 2.24) is 30.4 Å². The normalized spacial score (nSPS) is 12.7. The molecule has 0 fully saturated rings. The zero-order chi connectivity index (χ0) is 33.4. The number of hydrogen-bond acceptors (Lipinski definition) is 9. The number of likely N-dealkylation sites (N-methyl/N-ethyl adjacent to an activating group) is 2. The molecule has 0 saturated heterocycles. The summed E-state index contributed by atoms with van der Waals surface area (Å²) in [7, 11) is 3.30. The largest absolute Gasteiger partial charge is 0.480 e. The Kier molecular flexibility index (Phi) is 11.2. The number of methoxy groups -OCH3 is 1. The number of carbonyl (C=O) groups is 3. The third-order valence-corrected chi connectivity index (χ3v) is 7.69. The number of aromatic nitrogens is 2. The topological polar surface area (TPSA) is 120 Å². The van der Waals surface area contributed by atoms with Gasteiger partial charge >= 0.3 is 6.09 Å². The molecule has 4 rings (SSSR count). The predicted octanol–water partition coefficient (Wildman–Crippen LogP) is 4.03. The molecular weight excluding hydrogens is 586 g/mol. The summed E-state index contributed by atoms with van der Waals surface area (Å²) >= 11 is 0. The number of anilines is 1. The lowest BCUT2D eigenvalue weighted by Crippen LogP contribution is -2.48. The Bertz CT molecular complexity index is 1500. The highest BCUT2D eigenvalue weighted by atomic mass is 16.6. The SMILES string of the molecule is CCN(CCNC(=O)CN(CC(=O)N(C)N1Cc2ccccc2C1)c1ccc(-c2ccc(OC)nn2)cc1C)C(=O)OC(C)(C)C. The number of ether oxygens (including phenoxy) is 2. The van der Waals surface area contributed by atoms with Gasteiger partial charge in [-0.3, -0.25) is 14.6 Å². The average molecular weight is 632 g/mol. The molecule has 12 nitrogen and oxygen atoms in total. The van der Waals surface area contributed by atoms with Gasteiger partial charge in [-0.15, -0.1) is 10.2 Å². The summed E-state index contributed by atoms with van der Waals surface area (Å²) in [5.74, 6) is 0.00659. The Labute approximate surface area is 271 Å². The lowest BCUT2D eigenvalue weighted by Gasteiger charge is -2.32. The van der Waals surface area contributed by atoms with Crippen LogP contribution >= 0.6 is 0 Å². The van der Waals surface area contributed by atoms with Gasteiger partial charge in [0.2, 0.25) is 11.8 Å². The maximum absolute atomic E-state index is 13.7. The molecule has 1 aromatic heterocycles. The van der Waals surface area contributed by atoms with Crippen LogP contribution < -0.4 is 15.0 Å². The second-order valence-corrected chi connectivity index (χ2v) is 12.2. The maximum atomic E-state index is 13.7. The van der Waals surface area contributed by atoms with Crippen molar-refractivity contribution in [3.63, 3.8) is 0 Å². The second-order valence-electron chi connectivity index (χ2n) is 12.2. The molecule has 0 spiro atoms. The Balaban J connectivity index is 1.48. The van der Waals surface area contributed by atoms with Gasteiger partial charge in [0.15, 0.2) is 0 Å². The van der Waals surface area contributed by atoms with Gasteiger partial charge in [0.25, 0.3) is 5.91 Å². The van der Waals surface area contributed by atoms with E-state index < -0.39 is 11.7 Å². The summed E-state index contributed by atoms with van der Waals surface area (Å²) in [4.78, 5) is 42.8. The predicted molar refractivity (Wildman–Crippen MR) is 176 cm³/mol. The highest BCUT2D eigenvalue weighted by Crippen LogP contribution is 2.28. The van der Waals surface area contributed by atoms with Gasteiger partial charge in [-0.1, -0.05) is 30.3 Å². The standard InChI is InChI=1S/C34H45N7O5/c1-8-39(33(44)46-34(3,4)5)18-17-35-30(42)22-40(23-32(43)38(6)41-20-26-11-9-10-12-27(26)21-41)29-15-13-25(19-24(29)2)28-14-16-31(45-7)37-36-28/h9-16,19H,8,17-18,20-23H2,1-7H3,(H,35,42). The van der Waals surface area contributed by atoms with Crippen molar-refractivity contribution in [3.8, 4) is 17.1 Å². The van der Waals surface area contributed by atoms with Crippen LogP contribution in [0.15, 0.2) is 54.6 Å². The van der Waals surface area contributed by atoms with Crippen LogP contribution in [0.2, 0.25) is 0 Å². The zero-order valence-electron chi connectivity index (χ0n) is 27.9. The Hall–Kier alpha value is -4.71. The summed E-state index contributed by atoms with van der Waals surface area (Å²) in [6.07, 6.45) is -0.430. The van der Waals surface area contributed by atoms with Gasteiger partial charge in [0.05, 0.1) is 25.9 Å². The summed E-state index contributed by atoms with van der Waals surface area (Å²) < 4.78 is 10.6. The molecule has 0 radical (unpaired) electrons. The third kappa shape index (κ3) is 8.94. The maximum Gasteiger partial charge on any atom is 0.410 e. The molecule has 2 aromatic carbocycles. The van der Waals surface area contributed by atoms with Crippen LogP contribution in [0, 0.1) is 6.92 Å². The molecule has 0 saturated carbocycles. The fourth-order valence-corrected chi connectivity index (χ4v) is 5.19. The zero-order valence-corrected chi connectivity index (χ0v) is 27.9. The Morgan fingerprint density at radius 3 is 2.24 bits per heavy atom. The van der Waals surface area contributed by atoms with Crippen LogP contribution in [0.3, 0.4) is 0 Å². The number of rotatable bonds is 12. The van der Waals surface area contributed by atoms with Crippen molar-refractivity contribution in [2.45, 2.75) is 53.3 Å². The number of nitrogens with one attached hydrogen (secondary N) is 1. The summed E-state index contributed by atoms with van der Waals surface area (Å²) in [6.45, 7) is 11.4. The van der Waals surface area contributed by atoms with Crippen molar-refractivity contribution in [2.75, 3.05) is 51.8 Å². The quantitative estimate of drug-likeness (QED) is 0.316. The van der Waals surface area contributed by atoms with Crippen molar-refractivity contribution in [3.05, 3.63) is 71.3 Å². The van der Waals surface area contributed by atoms with E-state index in [1.165, 1.54) is 18.2 Å². The van der Waals surface area contributed by atoms with Crippen LogP contribution in [0.1, 0.15) is 44.4 Å². The van der Waals surface area contributed by atoms with Gasteiger partial charge in [-0.25, -0.2) is 9.80 Å². The lowest BCUT2D eigenvalue weighted by atomic mass is 10.1. The molecule has 0 atom stereocenters. The molecule has 0 unspecified atom stereocenters. The van der Waals surface area contributed by atoms with E-state index >= 15 is 0 Å². The first-order chi connectivity index (χ1) is 21.9. The highest BCUT2D eigenvalue weighted by molar-refractivity contribution is 5.87. The van der Waals surface area contributed by atoms with Crippen LogP contribution in [-0.4, -0.2) is 95.5 Å². The summed E-state index contributed by atoms with van der Waals surface area (Å²) in [6, 6.07) is 17.5. The first-order valence-corrected chi connectivity index (χ1v) is 15.4. The van der Waals surface area contributed by atoms with E-state index in [4.69, 9.17) is 9.47 Å². The van der Waals surface area contributed by atoms with Crippen LogP contribution in [0.25, 0.3) is 11.3 Å². The minimum absolute atomic E-state index is 0.0156. The number of benzene rings is 2. The van der Waals surface area contributed by atoms with E-state index in [0.717, 1.165) is 16.8 Å². The first-order valence-electron chi connectivity index (χ1n) is 15.4. The number of nitrogens with zero attached hydrogens (tertiary/aromatic N) is 6. The van der Waals surface area contributed by atoms with Crippen molar-refractivity contribution >= 4 is 23.6 Å². The van der Waals surface area contributed by atoms with Gasteiger partial charge in [0.1, 0.15) is 5.60 Å². The fourth-order valence-electron chi connectivity index (χ4n) is 5.19. The van der Waals surface area contributed by atoms with E-state index in [9.17, 15) is 14.4 Å². The summed E-state index contributed by atoms with van der Waals surface area (Å²) in [5, 5.41) is 14.9. The average Bonchev–Trinajstić information content (AvgIpc) is 3.46. The molecule has 46 heavy (non-hydrogen) atoms. The van der Waals surface area contributed by atoms with Crippen LogP contribution in [0.4, 0.5) is 10.5 Å². The molecule has 3 amide bonds. The number of amides is 3. The van der Waals surface area contributed by atoms with Crippen LogP contribution in [0.5, 0.6) is 5.88 Å². The van der Waals surface area contributed by atoms with Crippen LogP contribution in [-0.2, 0) is 27.4 Å². The molecule has 12 heteroatoms. The Morgan fingerprint density at radius 1 is 0.978 bits per heavy atom. The van der Waals surface area contributed by atoms with Gasteiger partial charge < -0.3 is 24.6 Å². The van der Waals surface area contributed by atoms with E-state index in [2.05, 4.69) is 27.6 Å². The molecule has 1 aliphatic rings. The number of carbonyl (C=O) groups excluding carboxylic acids is 3. The number of fused-ring (bicyclic) bond motifs is 1. The van der Waals surface area contributed by atoms with Gasteiger partial charge in [-0.05, 0) is 69.5 Å². The van der Waals surface area contributed by atoms with Gasteiger partial charge in [0, 0.05) is 57.1 Å². The third-order valence-electron chi connectivity index (χ3n) is 7.69. The molecule has 0 bridgehead atoms. The Morgan fingerprint density at radius 2 is 1.67 bits per heavy atom. The molecule has 3 aromatic rings. The fraction of sp³-hybridized carbons (Fsp3) is 0.441. The molecular formula is C34H45N7O5. The van der Waals surface area contributed by atoms with Crippen molar-refractivity contribution < 1.29 is 23.9 Å². The minimum Gasteiger partial charge on any atom is -0.480 e. The van der Waals surface area contributed by atoms with E-state index in [-0.39, 0.29) is 31.4 Å². The van der Waals surface area contributed by atoms with Crippen molar-refractivity contribution in [1.29, 1.82) is 0 Å². The lowest BCUT2D eigenvalue weighted by molar-refractivity contribution is -0.145.